The summed E-state index contributed by atoms with van der Waals surface area (Å²) in [7, 11) is 1.73. The van der Waals surface area contributed by atoms with Gasteiger partial charge in [0.25, 0.3) is 0 Å². The van der Waals surface area contributed by atoms with Crippen LogP contribution in [0.2, 0.25) is 0 Å². The molecular weight excluding hydrogens is 278 g/mol. The Morgan fingerprint density at radius 3 is 2.45 bits per heavy atom. The molecule has 114 valence electrons. The number of ether oxygens (including phenoxy) is 1. The van der Waals surface area contributed by atoms with Crippen molar-refractivity contribution >= 4 is 17.4 Å². The Morgan fingerprint density at radius 1 is 1.05 bits per heavy atom. The highest BCUT2D eigenvalue weighted by molar-refractivity contribution is 6.01. The van der Waals surface area contributed by atoms with Gasteiger partial charge in [-0.3, -0.25) is 4.79 Å². The first-order chi connectivity index (χ1) is 10.5. The number of rotatable bonds is 5. The van der Waals surface area contributed by atoms with Crippen molar-refractivity contribution in [3.05, 3.63) is 64.7 Å². The molecule has 0 atom stereocenters. The summed E-state index contributed by atoms with van der Waals surface area (Å²) in [5.74, 6) is -0.712. The molecule has 0 unspecified atom stereocenters. The van der Waals surface area contributed by atoms with Crippen LogP contribution in [0.25, 0.3) is 0 Å². The maximum absolute atomic E-state index is 12.2. The molecule has 0 aliphatic heterocycles. The Hall–Kier alpha value is -2.62. The number of hydrogen-bond donors (Lipinski definition) is 1. The van der Waals surface area contributed by atoms with Gasteiger partial charge in [0.05, 0.1) is 5.56 Å². The first-order valence-corrected chi connectivity index (χ1v) is 7.07. The molecule has 4 heteroatoms. The summed E-state index contributed by atoms with van der Waals surface area (Å²) in [6.07, 6.45) is 0. The second kappa shape index (κ2) is 6.89. The number of hydrogen-bond acceptors (Lipinski definition) is 4. The summed E-state index contributed by atoms with van der Waals surface area (Å²) < 4.78 is 5.14. The van der Waals surface area contributed by atoms with Crippen molar-refractivity contribution in [2.24, 2.45) is 0 Å². The molecule has 2 aromatic rings. The lowest BCUT2D eigenvalue weighted by atomic mass is 10.0. The van der Waals surface area contributed by atoms with Crippen molar-refractivity contribution in [3.63, 3.8) is 0 Å². The largest absolute Gasteiger partial charge is 0.454 e. The minimum absolute atomic E-state index is 0.201. The predicted octanol–water partition coefficient (Wildman–Crippen LogP) is 3.38. The molecule has 0 aromatic heterocycles. The highest BCUT2D eigenvalue weighted by Crippen LogP contribution is 2.16. The Morgan fingerprint density at radius 2 is 1.77 bits per heavy atom. The third-order valence-corrected chi connectivity index (χ3v) is 3.43. The Bertz CT molecular complexity index is 707. The van der Waals surface area contributed by atoms with Gasteiger partial charge in [0, 0.05) is 18.3 Å². The van der Waals surface area contributed by atoms with Crippen LogP contribution < -0.4 is 5.32 Å². The molecule has 0 amide bonds. The van der Waals surface area contributed by atoms with Gasteiger partial charge in [-0.05, 0) is 31.5 Å². The molecule has 1 N–H and O–H groups in total. The lowest BCUT2D eigenvalue weighted by molar-refractivity contribution is 0.0475. The van der Waals surface area contributed by atoms with E-state index in [9.17, 15) is 9.59 Å². The van der Waals surface area contributed by atoms with Crippen LogP contribution in [0.15, 0.2) is 42.5 Å². The van der Waals surface area contributed by atoms with Gasteiger partial charge in [-0.15, -0.1) is 0 Å². The minimum atomic E-state index is -0.511. The molecular formula is C18H19NO3. The van der Waals surface area contributed by atoms with Gasteiger partial charge < -0.3 is 10.1 Å². The summed E-state index contributed by atoms with van der Waals surface area (Å²) >= 11 is 0. The number of carbonyl (C=O) groups is 2. The van der Waals surface area contributed by atoms with E-state index in [2.05, 4.69) is 5.32 Å². The average Bonchev–Trinajstić information content (AvgIpc) is 2.52. The molecule has 0 aliphatic rings. The van der Waals surface area contributed by atoms with Crippen molar-refractivity contribution in [2.75, 3.05) is 19.0 Å². The summed E-state index contributed by atoms with van der Waals surface area (Å²) in [4.78, 5) is 24.3. The van der Waals surface area contributed by atoms with Crippen molar-refractivity contribution < 1.29 is 14.3 Å². The lowest BCUT2D eigenvalue weighted by Crippen LogP contribution is -2.16. The van der Waals surface area contributed by atoms with E-state index >= 15 is 0 Å². The molecule has 0 fully saturated rings. The van der Waals surface area contributed by atoms with Gasteiger partial charge in [-0.2, -0.15) is 0 Å². The summed E-state index contributed by atoms with van der Waals surface area (Å²) in [5, 5.41) is 2.93. The number of ketones is 1. The van der Waals surface area contributed by atoms with E-state index in [4.69, 9.17) is 4.74 Å². The van der Waals surface area contributed by atoms with Gasteiger partial charge >= 0.3 is 5.97 Å². The topological polar surface area (TPSA) is 55.4 Å². The fourth-order valence-electron chi connectivity index (χ4n) is 2.29. The quantitative estimate of drug-likeness (QED) is 0.679. The van der Waals surface area contributed by atoms with Crippen LogP contribution in [0.3, 0.4) is 0 Å². The van der Waals surface area contributed by atoms with Crippen molar-refractivity contribution in [2.45, 2.75) is 13.8 Å². The Labute approximate surface area is 130 Å². The third-order valence-electron chi connectivity index (χ3n) is 3.43. The summed E-state index contributed by atoms with van der Waals surface area (Å²) in [6, 6.07) is 12.6. The fraction of sp³-hybridized carbons (Fsp3) is 0.222. The fourth-order valence-corrected chi connectivity index (χ4v) is 2.29. The number of nitrogens with one attached hydrogen (secondary N) is 1. The van der Waals surface area contributed by atoms with Crippen LogP contribution >= 0.6 is 0 Å². The van der Waals surface area contributed by atoms with Crippen LogP contribution in [0.5, 0.6) is 0 Å². The van der Waals surface area contributed by atoms with E-state index in [1.165, 1.54) is 0 Å². The lowest BCUT2D eigenvalue weighted by Gasteiger charge is -2.10. The molecule has 0 heterocycles. The van der Waals surface area contributed by atoms with E-state index in [0.717, 1.165) is 11.1 Å². The van der Waals surface area contributed by atoms with Gasteiger partial charge in [0.15, 0.2) is 6.61 Å². The van der Waals surface area contributed by atoms with Gasteiger partial charge in [-0.1, -0.05) is 35.9 Å². The monoisotopic (exact) mass is 297 g/mol. The standard InChI is InChI=1S/C18H19NO3/c1-12-8-9-14(13(2)10-12)17(20)11-22-18(21)15-6-4-5-7-16(15)19-3/h4-10,19H,11H2,1-3H3. The molecule has 2 rings (SSSR count). The first-order valence-electron chi connectivity index (χ1n) is 7.07. The van der Waals surface area contributed by atoms with Crippen molar-refractivity contribution in [3.8, 4) is 0 Å². The van der Waals surface area contributed by atoms with E-state index < -0.39 is 5.97 Å². The Kier molecular flexibility index (Phi) is 4.94. The maximum Gasteiger partial charge on any atom is 0.340 e. The molecule has 22 heavy (non-hydrogen) atoms. The zero-order chi connectivity index (χ0) is 16.1. The molecule has 0 saturated heterocycles. The smallest absolute Gasteiger partial charge is 0.340 e. The minimum Gasteiger partial charge on any atom is -0.454 e. The van der Waals surface area contributed by atoms with Crippen LogP contribution in [-0.2, 0) is 4.74 Å². The van der Waals surface area contributed by atoms with Crippen LogP contribution in [0.1, 0.15) is 31.8 Å². The number of aryl methyl sites for hydroxylation is 2. The molecule has 4 nitrogen and oxygen atoms in total. The van der Waals surface area contributed by atoms with Gasteiger partial charge in [0.1, 0.15) is 0 Å². The zero-order valence-corrected chi connectivity index (χ0v) is 13.0. The van der Waals surface area contributed by atoms with E-state index in [-0.39, 0.29) is 12.4 Å². The van der Waals surface area contributed by atoms with Crippen LogP contribution in [0, 0.1) is 13.8 Å². The summed E-state index contributed by atoms with van der Waals surface area (Å²) in [6.45, 7) is 3.58. The summed E-state index contributed by atoms with van der Waals surface area (Å²) in [5.41, 5.74) is 3.65. The van der Waals surface area contributed by atoms with Crippen LogP contribution in [-0.4, -0.2) is 25.4 Å². The van der Waals surface area contributed by atoms with E-state index in [0.29, 0.717) is 16.8 Å². The van der Waals surface area contributed by atoms with Gasteiger partial charge in [-0.25, -0.2) is 4.79 Å². The predicted molar refractivity (Wildman–Crippen MR) is 86.5 cm³/mol. The SMILES string of the molecule is CNc1ccccc1C(=O)OCC(=O)c1ccc(C)cc1C. The number of anilines is 1. The van der Waals surface area contributed by atoms with Crippen LogP contribution in [0.4, 0.5) is 5.69 Å². The van der Waals surface area contributed by atoms with E-state index in [1.807, 2.05) is 32.0 Å². The highest BCUT2D eigenvalue weighted by atomic mass is 16.5. The Balaban J connectivity index is 2.06. The first kappa shape index (κ1) is 15.8. The van der Waals surface area contributed by atoms with Crippen molar-refractivity contribution in [1.29, 1.82) is 0 Å². The molecule has 0 saturated carbocycles. The third kappa shape index (κ3) is 3.52. The van der Waals surface area contributed by atoms with Crippen molar-refractivity contribution in [1.82, 2.24) is 0 Å². The second-order valence-corrected chi connectivity index (χ2v) is 5.11. The molecule has 2 aromatic carbocycles. The number of esters is 1. The number of Topliss-reactive ketones (excluding diaryl/α,β-unsaturated/α-hetero) is 1. The molecule has 0 aliphatic carbocycles. The molecule has 0 radical (unpaired) electrons. The molecule has 0 bridgehead atoms. The molecule has 0 spiro atoms. The number of benzene rings is 2. The van der Waals surface area contributed by atoms with E-state index in [1.54, 1.807) is 31.3 Å². The van der Waals surface area contributed by atoms with Gasteiger partial charge in [0.2, 0.25) is 5.78 Å². The maximum atomic E-state index is 12.2. The second-order valence-electron chi connectivity index (χ2n) is 5.11. The zero-order valence-electron chi connectivity index (χ0n) is 13.0. The number of para-hydroxylation sites is 1. The normalized spacial score (nSPS) is 10.1. The average molecular weight is 297 g/mol. The number of carbonyl (C=O) groups excluding carboxylic acids is 2. The highest BCUT2D eigenvalue weighted by Gasteiger charge is 2.15.